The van der Waals surface area contributed by atoms with E-state index in [9.17, 15) is 5.11 Å². The molecule has 4 nitrogen and oxygen atoms in total. The Kier molecular flexibility index (Phi) is 7.29. The van der Waals surface area contributed by atoms with Crippen molar-refractivity contribution in [3.63, 3.8) is 0 Å². The number of aliphatic hydroxyl groups is 1. The molecule has 0 saturated heterocycles. The Morgan fingerprint density at radius 1 is 1.00 bits per heavy atom. The molecule has 25 heavy (non-hydrogen) atoms. The molecule has 0 bridgehead atoms. The molecule has 136 valence electrons. The molecule has 2 aromatic carbocycles. The highest BCUT2D eigenvalue weighted by atomic mass is 16.5. The van der Waals surface area contributed by atoms with Crippen LogP contribution in [0.3, 0.4) is 0 Å². The van der Waals surface area contributed by atoms with Gasteiger partial charge in [-0.25, -0.2) is 0 Å². The van der Waals surface area contributed by atoms with E-state index in [-0.39, 0.29) is 6.61 Å². The number of aryl methyl sites for hydroxylation is 1. The minimum absolute atomic E-state index is 0.267. The number of methoxy groups -OCH3 is 1. The van der Waals surface area contributed by atoms with Gasteiger partial charge >= 0.3 is 0 Å². The van der Waals surface area contributed by atoms with Crippen molar-refractivity contribution in [2.45, 2.75) is 39.5 Å². The summed E-state index contributed by atoms with van der Waals surface area (Å²) in [6.07, 6.45) is -0.548. The van der Waals surface area contributed by atoms with E-state index in [4.69, 9.17) is 9.47 Å². The summed E-state index contributed by atoms with van der Waals surface area (Å²) in [5.41, 5.74) is 2.57. The van der Waals surface area contributed by atoms with Gasteiger partial charge in [-0.1, -0.05) is 24.3 Å². The second-order valence-electron chi connectivity index (χ2n) is 6.59. The van der Waals surface area contributed by atoms with Crippen LogP contribution in [0.15, 0.2) is 48.5 Å². The van der Waals surface area contributed by atoms with Crippen molar-refractivity contribution in [1.29, 1.82) is 0 Å². The number of nitrogens with zero attached hydrogens (tertiary/aromatic N) is 1. The van der Waals surface area contributed by atoms with Gasteiger partial charge in [0.05, 0.1) is 7.11 Å². The summed E-state index contributed by atoms with van der Waals surface area (Å²) in [7, 11) is 1.63. The fourth-order valence-electron chi connectivity index (χ4n) is 2.65. The molecule has 1 unspecified atom stereocenters. The molecule has 0 saturated carbocycles. The molecule has 0 heterocycles. The molecule has 0 aliphatic heterocycles. The SMILES string of the molecule is COc1ccc(OCC(O)CN(Cc2ccccc2C)C(C)C)cc1. The molecule has 2 rings (SSSR count). The molecule has 1 N–H and O–H groups in total. The maximum absolute atomic E-state index is 10.4. The minimum Gasteiger partial charge on any atom is -0.497 e. The molecule has 0 fully saturated rings. The fraction of sp³-hybridized carbons (Fsp3) is 0.429. The summed E-state index contributed by atoms with van der Waals surface area (Å²) >= 11 is 0. The highest BCUT2D eigenvalue weighted by Crippen LogP contribution is 2.18. The number of ether oxygens (including phenoxy) is 2. The van der Waals surface area contributed by atoms with Crippen LogP contribution < -0.4 is 9.47 Å². The first-order valence-corrected chi connectivity index (χ1v) is 8.73. The highest BCUT2D eigenvalue weighted by Gasteiger charge is 2.16. The van der Waals surface area contributed by atoms with Crippen molar-refractivity contribution in [2.24, 2.45) is 0 Å². The Balaban J connectivity index is 1.88. The van der Waals surface area contributed by atoms with Crippen molar-refractivity contribution in [3.05, 3.63) is 59.7 Å². The first kappa shape index (κ1) is 19.3. The Labute approximate surface area is 151 Å². The molecular formula is C21H29NO3. The van der Waals surface area contributed by atoms with Crippen molar-refractivity contribution < 1.29 is 14.6 Å². The van der Waals surface area contributed by atoms with Crippen LogP contribution in [0, 0.1) is 6.92 Å². The zero-order valence-corrected chi connectivity index (χ0v) is 15.6. The summed E-state index contributed by atoms with van der Waals surface area (Å²) in [5, 5.41) is 10.4. The normalized spacial score (nSPS) is 12.4. The van der Waals surface area contributed by atoms with Gasteiger partial charge in [0.2, 0.25) is 0 Å². The van der Waals surface area contributed by atoms with Crippen LogP contribution in [-0.2, 0) is 6.54 Å². The third kappa shape index (κ3) is 6.07. The van der Waals surface area contributed by atoms with Crippen LogP contribution in [0.2, 0.25) is 0 Å². The van der Waals surface area contributed by atoms with Gasteiger partial charge < -0.3 is 14.6 Å². The maximum Gasteiger partial charge on any atom is 0.119 e. The van der Waals surface area contributed by atoms with Crippen LogP contribution in [0.4, 0.5) is 0 Å². The Morgan fingerprint density at radius 3 is 2.24 bits per heavy atom. The van der Waals surface area contributed by atoms with Crippen molar-refractivity contribution in [3.8, 4) is 11.5 Å². The number of aliphatic hydroxyl groups excluding tert-OH is 1. The minimum atomic E-state index is -0.548. The second kappa shape index (κ2) is 9.44. The van der Waals surface area contributed by atoms with E-state index < -0.39 is 6.10 Å². The standard InChI is InChI=1S/C21H29NO3/c1-16(2)22(13-18-8-6-5-7-17(18)3)14-19(23)15-25-21-11-9-20(24-4)10-12-21/h5-12,16,19,23H,13-15H2,1-4H3. The summed E-state index contributed by atoms with van der Waals surface area (Å²) in [5.74, 6) is 1.52. The van der Waals surface area contributed by atoms with Crippen LogP contribution in [0.25, 0.3) is 0 Å². The maximum atomic E-state index is 10.4. The van der Waals surface area contributed by atoms with Crippen molar-refractivity contribution >= 4 is 0 Å². The average molecular weight is 343 g/mol. The van der Waals surface area contributed by atoms with Crippen LogP contribution >= 0.6 is 0 Å². The molecular weight excluding hydrogens is 314 g/mol. The number of benzene rings is 2. The molecule has 0 aliphatic rings. The monoisotopic (exact) mass is 343 g/mol. The van der Waals surface area contributed by atoms with Crippen LogP contribution in [-0.4, -0.2) is 42.4 Å². The van der Waals surface area contributed by atoms with Crippen LogP contribution in [0.1, 0.15) is 25.0 Å². The lowest BCUT2D eigenvalue weighted by Crippen LogP contribution is -2.39. The quantitative estimate of drug-likeness (QED) is 0.754. The van der Waals surface area contributed by atoms with E-state index in [0.717, 1.165) is 18.0 Å². The van der Waals surface area contributed by atoms with Gasteiger partial charge in [0, 0.05) is 19.1 Å². The van der Waals surface area contributed by atoms with E-state index >= 15 is 0 Å². The Morgan fingerprint density at radius 2 is 1.64 bits per heavy atom. The van der Waals surface area contributed by atoms with E-state index in [2.05, 4.69) is 49.9 Å². The van der Waals surface area contributed by atoms with Gasteiger partial charge in [0.15, 0.2) is 0 Å². The molecule has 1 atom stereocenters. The lowest BCUT2D eigenvalue weighted by atomic mass is 10.1. The topological polar surface area (TPSA) is 41.9 Å². The van der Waals surface area contributed by atoms with E-state index in [0.29, 0.717) is 12.6 Å². The third-order valence-electron chi connectivity index (χ3n) is 4.31. The Bertz CT molecular complexity index is 640. The van der Waals surface area contributed by atoms with Gasteiger partial charge in [0.1, 0.15) is 24.2 Å². The predicted octanol–water partition coefficient (Wildman–Crippen LogP) is 3.65. The molecule has 0 aromatic heterocycles. The molecule has 0 spiro atoms. The molecule has 0 aliphatic carbocycles. The van der Waals surface area contributed by atoms with Gasteiger partial charge in [-0.2, -0.15) is 0 Å². The lowest BCUT2D eigenvalue weighted by Gasteiger charge is -2.29. The number of hydrogen-bond acceptors (Lipinski definition) is 4. The molecule has 0 amide bonds. The van der Waals surface area contributed by atoms with Crippen molar-refractivity contribution in [2.75, 3.05) is 20.3 Å². The van der Waals surface area contributed by atoms with Crippen LogP contribution in [0.5, 0.6) is 11.5 Å². The molecule has 0 radical (unpaired) electrons. The fourth-order valence-corrected chi connectivity index (χ4v) is 2.65. The van der Waals surface area contributed by atoms with Crippen molar-refractivity contribution in [1.82, 2.24) is 4.90 Å². The first-order chi connectivity index (χ1) is 12.0. The summed E-state index contributed by atoms with van der Waals surface area (Å²) in [4.78, 5) is 2.27. The summed E-state index contributed by atoms with van der Waals surface area (Å²) in [6.45, 7) is 8.08. The zero-order valence-electron chi connectivity index (χ0n) is 15.6. The summed E-state index contributed by atoms with van der Waals surface area (Å²) < 4.78 is 10.8. The third-order valence-corrected chi connectivity index (χ3v) is 4.31. The van der Waals surface area contributed by atoms with E-state index in [1.807, 2.05) is 24.3 Å². The van der Waals surface area contributed by atoms with E-state index in [1.165, 1.54) is 11.1 Å². The summed E-state index contributed by atoms with van der Waals surface area (Å²) in [6, 6.07) is 16.1. The number of hydrogen-bond donors (Lipinski definition) is 1. The van der Waals surface area contributed by atoms with Gasteiger partial charge in [0.25, 0.3) is 0 Å². The van der Waals surface area contributed by atoms with Gasteiger partial charge in [-0.3, -0.25) is 4.90 Å². The lowest BCUT2D eigenvalue weighted by molar-refractivity contribution is 0.0542. The highest BCUT2D eigenvalue weighted by molar-refractivity contribution is 5.31. The molecule has 4 heteroatoms. The number of rotatable bonds is 9. The second-order valence-corrected chi connectivity index (χ2v) is 6.59. The van der Waals surface area contributed by atoms with Gasteiger partial charge in [-0.15, -0.1) is 0 Å². The van der Waals surface area contributed by atoms with Gasteiger partial charge in [-0.05, 0) is 56.2 Å². The smallest absolute Gasteiger partial charge is 0.119 e. The average Bonchev–Trinajstić information content (AvgIpc) is 2.61. The zero-order chi connectivity index (χ0) is 18.2. The first-order valence-electron chi connectivity index (χ1n) is 8.73. The molecule has 2 aromatic rings. The predicted molar refractivity (Wildman–Crippen MR) is 101 cm³/mol. The Hall–Kier alpha value is -2.04. The largest absolute Gasteiger partial charge is 0.497 e. The van der Waals surface area contributed by atoms with E-state index in [1.54, 1.807) is 7.11 Å².